The van der Waals surface area contributed by atoms with Crippen molar-refractivity contribution in [2.45, 2.75) is 31.8 Å². The molecule has 80 valence electrons. The van der Waals surface area contributed by atoms with Crippen LogP contribution in [0.1, 0.15) is 26.2 Å². The van der Waals surface area contributed by atoms with E-state index in [1.165, 1.54) is 0 Å². The number of hydrogen-bond acceptors (Lipinski definition) is 3. The summed E-state index contributed by atoms with van der Waals surface area (Å²) >= 11 is 0. The smallest absolute Gasteiger partial charge is 0.410 e. The molecule has 2 heterocycles. The summed E-state index contributed by atoms with van der Waals surface area (Å²) in [7, 11) is 0. The van der Waals surface area contributed by atoms with E-state index in [1.807, 2.05) is 4.90 Å². The van der Waals surface area contributed by atoms with Crippen molar-refractivity contribution in [3.8, 4) is 0 Å². The molecule has 1 amide bonds. The van der Waals surface area contributed by atoms with Crippen LogP contribution >= 0.6 is 0 Å². The fourth-order valence-electron chi connectivity index (χ4n) is 2.28. The molecule has 2 fully saturated rings. The predicted octanol–water partition coefficient (Wildman–Crippen LogP) is 0.971. The van der Waals surface area contributed by atoms with E-state index in [2.05, 4.69) is 12.2 Å². The monoisotopic (exact) mass is 198 g/mol. The van der Waals surface area contributed by atoms with Gasteiger partial charge in [0.15, 0.2) is 0 Å². The van der Waals surface area contributed by atoms with Gasteiger partial charge in [0.2, 0.25) is 0 Å². The molecule has 1 N–H and O–H groups in total. The van der Waals surface area contributed by atoms with Crippen LogP contribution in [-0.4, -0.2) is 42.8 Å². The van der Waals surface area contributed by atoms with E-state index in [4.69, 9.17) is 4.74 Å². The Morgan fingerprint density at radius 1 is 1.50 bits per heavy atom. The van der Waals surface area contributed by atoms with Crippen molar-refractivity contribution in [3.05, 3.63) is 0 Å². The van der Waals surface area contributed by atoms with Crippen molar-refractivity contribution in [1.29, 1.82) is 0 Å². The summed E-state index contributed by atoms with van der Waals surface area (Å²) in [6.45, 7) is 5.64. The van der Waals surface area contributed by atoms with Gasteiger partial charge in [-0.1, -0.05) is 6.92 Å². The van der Waals surface area contributed by atoms with E-state index in [1.54, 1.807) is 0 Å². The van der Waals surface area contributed by atoms with Crippen molar-refractivity contribution in [2.75, 3.05) is 26.2 Å². The first-order valence-corrected chi connectivity index (χ1v) is 5.44. The molecular weight excluding hydrogens is 180 g/mol. The molecule has 0 aromatic carbocycles. The maximum absolute atomic E-state index is 11.5. The molecule has 0 bridgehead atoms. The molecule has 0 radical (unpaired) electrons. The first-order chi connectivity index (χ1) is 6.76. The second-order valence-electron chi connectivity index (χ2n) is 4.22. The number of carbonyl (C=O) groups excluding carboxylic acids is 1. The van der Waals surface area contributed by atoms with Crippen molar-refractivity contribution in [2.24, 2.45) is 0 Å². The Labute approximate surface area is 84.6 Å². The molecule has 4 nitrogen and oxygen atoms in total. The summed E-state index contributed by atoms with van der Waals surface area (Å²) in [4.78, 5) is 13.4. The average Bonchev–Trinajstić information content (AvgIpc) is 2.45. The lowest BCUT2D eigenvalue weighted by Gasteiger charge is -2.31. The van der Waals surface area contributed by atoms with Gasteiger partial charge in [0.1, 0.15) is 5.60 Å². The van der Waals surface area contributed by atoms with E-state index in [9.17, 15) is 4.79 Å². The maximum atomic E-state index is 11.5. The zero-order valence-electron chi connectivity index (χ0n) is 8.71. The van der Waals surface area contributed by atoms with Crippen molar-refractivity contribution in [3.63, 3.8) is 0 Å². The Kier molecular flexibility index (Phi) is 2.63. The lowest BCUT2D eigenvalue weighted by molar-refractivity contribution is 0.0316. The number of rotatable bonds is 2. The maximum Gasteiger partial charge on any atom is 0.410 e. The van der Waals surface area contributed by atoms with Crippen LogP contribution in [0.5, 0.6) is 0 Å². The summed E-state index contributed by atoms with van der Waals surface area (Å²) in [5.41, 5.74) is -0.169. The Bertz CT molecular complexity index is 224. The van der Waals surface area contributed by atoms with Crippen LogP contribution in [-0.2, 0) is 4.74 Å². The zero-order valence-corrected chi connectivity index (χ0v) is 8.71. The Balaban J connectivity index is 1.99. The summed E-state index contributed by atoms with van der Waals surface area (Å²) in [6, 6.07) is 0. The highest BCUT2D eigenvalue weighted by Gasteiger charge is 2.45. The number of hydrogen-bond donors (Lipinski definition) is 1. The molecule has 2 rings (SSSR count). The van der Waals surface area contributed by atoms with E-state index >= 15 is 0 Å². The van der Waals surface area contributed by atoms with Gasteiger partial charge >= 0.3 is 6.09 Å². The van der Waals surface area contributed by atoms with Crippen molar-refractivity contribution in [1.82, 2.24) is 10.2 Å². The molecular formula is C10H18N2O2. The number of ether oxygens (including phenoxy) is 1. The molecule has 2 aliphatic rings. The Hall–Kier alpha value is -0.770. The second kappa shape index (κ2) is 3.77. The number of piperidine rings is 1. The fourth-order valence-corrected chi connectivity index (χ4v) is 2.28. The molecule has 14 heavy (non-hydrogen) atoms. The number of carbonyl (C=O) groups is 1. The lowest BCUT2D eigenvalue weighted by atomic mass is 9.92. The zero-order chi connectivity index (χ0) is 10.0. The van der Waals surface area contributed by atoms with Gasteiger partial charge in [-0.05, 0) is 19.5 Å². The number of amides is 1. The van der Waals surface area contributed by atoms with Crippen molar-refractivity contribution < 1.29 is 9.53 Å². The standard InChI is InChI=1S/C10H18N2O2/c1-2-7-12-8-10(14-9(12)13)3-5-11-6-4-10/h11H,2-8H2,1H3. The molecule has 2 saturated heterocycles. The van der Waals surface area contributed by atoms with Gasteiger partial charge in [-0.3, -0.25) is 0 Å². The molecule has 0 unspecified atom stereocenters. The third-order valence-corrected chi connectivity index (χ3v) is 3.05. The molecule has 1 spiro atoms. The lowest BCUT2D eigenvalue weighted by Crippen LogP contribution is -2.44. The van der Waals surface area contributed by atoms with Gasteiger partial charge < -0.3 is 15.0 Å². The molecule has 0 saturated carbocycles. The minimum absolute atomic E-state index is 0.117. The predicted molar refractivity (Wildman–Crippen MR) is 53.2 cm³/mol. The highest BCUT2D eigenvalue weighted by atomic mass is 16.6. The highest BCUT2D eigenvalue weighted by molar-refractivity contribution is 5.70. The normalized spacial score (nSPS) is 25.5. The SMILES string of the molecule is CCCN1CC2(CCNCC2)OC1=O. The van der Waals surface area contributed by atoms with Crippen LogP contribution in [0.2, 0.25) is 0 Å². The van der Waals surface area contributed by atoms with Crippen LogP contribution in [0.15, 0.2) is 0 Å². The quantitative estimate of drug-likeness (QED) is 0.719. The molecule has 4 heteroatoms. The Morgan fingerprint density at radius 2 is 2.21 bits per heavy atom. The molecule has 0 aliphatic carbocycles. The molecule has 0 aromatic heterocycles. The first-order valence-electron chi connectivity index (χ1n) is 5.44. The van der Waals surface area contributed by atoms with E-state index < -0.39 is 0 Å². The van der Waals surface area contributed by atoms with E-state index in [0.717, 1.165) is 45.4 Å². The molecule has 0 atom stereocenters. The van der Waals surface area contributed by atoms with Gasteiger partial charge in [-0.25, -0.2) is 4.79 Å². The fraction of sp³-hybridized carbons (Fsp3) is 0.900. The topological polar surface area (TPSA) is 41.6 Å². The summed E-state index contributed by atoms with van der Waals surface area (Å²) < 4.78 is 5.50. The molecule has 0 aromatic rings. The van der Waals surface area contributed by atoms with Crippen LogP contribution in [0.4, 0.5) is 4.79 Å². The molecule has 2 aliphatic heterocycles. The third kappa shape index (κ3) is 1.71. The van der Waals surface area contributed by atoms with E-state index in [-0.39, 0.29) is 11.7 Å². The number of nitrogens with zero attached hydrogens (tertiary/aromatic N) is 1. The van der Waals surface area contributed by atoms with Crippen LogP contribution < -0.4 is 5.32 Å². The van der Waals surface area contributed by atoms with E-state index in [0.29, 0.717) is 0 Å². The summed E-state index contributed by atoms with van der Waals surface area (Å²) in [5.74, 6) is 0. The van der Waals surface area contributed by atoms with Gasteiger partial charge in [-0.2, -0.15) is 0 Å². The van der Waals surface area contributed by atoms with Gasteiger partial charge in [0, 0.05) is 19.4 Å². The summed E-state index contributed by atoms with van der Waals surface area (Å²) in [5, 5.41) is 3.29. The van der Waals surface area contributed by atoms with Crippen LogP contribution in [0.25, 0.3) is 0 Å². The average molecular weight is 198 g/mol. The largest absolute Gasteiger partial charge is 0.441 e. The van der Waals surface area contributed by atoms with Crippen molar-refractivity contribution >= 4 is 6.09 Å². The van der Waals surface area contributed by atoms with Crippen LogP contribution in [0.3, 0.4) is 0 Å². The summed E-state index contributed by atoms with van der Waals surface area (Å²) in [6.07, 6.45) is 2.80. The Morgan fingerprint density at radius 3 is 2.86 bits per heavy atom. The van der Waals surface area contributed by atoms with Gasteiger partial charge in [0.25, 0.3) is 0 Å². The minimum Gasteiger partial charge on any atom is -0.441 e. The highest BCUT2D eigenvalue weighted by Crippen LogP contribution is 2.30. The minimum atomic E-state index is -0.169. The second-order valence-corrected chi connectivity index (χ2v) is 4.22. The van der Waals surface area contributed by atoms with Gasteiger partial charge in [-0.15, -0.1) is 0 Å². The number of nitrogens with one attached hydrogen (secondary N) is 1. The van der Waals surface area contributed by atoms with Gasteiger partial charge in [0.05, 0.1) is 6.54 Å². The van der Waals surface area contributed by atoms with Crippen LogP contribution in [0, 0.1) is 0 Å². The third-order valence-electron chi connectivity index (χ3n) is 3.05. The first kappa shape index (κ1) is 9.77.